The molecule has 0 aliphatic carbocycles. The van der Waals surface area contributed by atoms with Gasteiger partial charge in [-0.25, -0.2) is 9.79 Å². The molecule has 0 spiro atoms. The largest absolute Gasteiger partial charge is 0.465 e. The fourth-order valence-electron chi connectivity index (χ4n) is 4.25. The number of imide groups is 1. The molecule has 3 aliphatic heterocycles. The maximum Gasteiger partial charge on any atom is 0.325 e. The number of aliphatic imine (C=N–C) groups is 1. The molecule has 172 valence electrons. The normalized spacial score (nSPS) is 23.7. The Balaban J connectivity index is 1.54. The van der Waals surface area contributed by atoms with Crippen LogP contribution in [0.25, 0.3) is 0 Å². The molecule has 4 rings (SSSR count). The van der Waals surface area contributed by atoms with E-state index in [1.165, 1.54) is 4.90 Å². The van der Waals surface area contributed by atoms with Gasteiger partial charge in [0.1, 0.15) is 0 Å². The van der Waals surface area contributed by atoms with E-state index < -0.39 is 18.2 Å². The van der Waals surface area contributed by atoms with Crippen molar-refractivity contribution >= 4 is 35.5 Å². The van der Waals surface area contributed by atoms with E-state index in [0.717, 1.165) is 5.56 Å². The quantitative estimate of drug-likeness (QED) is 0.639. The second-order valence-electron chi connectivity index (χ2n) is 7.98. The van der Waals surface area contributed by atoms with Crippen LogP contribution < -0.4 is 5.32 Å². The summed E-state index contributed by atoms with van der Waals surface area (Å²) in [5.74, 6) is 0.0552. The topological polar surface area (TPSA) is 97.8 Å². The Morgan fingerprint density at radius 3 is 2.62 bits per heavy atom. The minimum Gasteiger partial charge on any atom is -0.465 e. The van der Waals surface area contributed by atoms with Crippen molar-refractivity contribution in [2.45, 2.75) is 25.7 Å². The highest BCUT2D eigenvalue weighted by Gasteiger charge is 2.50. The lowest BCUT2D eigenvalue weighted by molar-refractivity contribution is -0.144. The van der Waals surface area contributed by atoms with E-state index in [1.54, 1.807) is 14.0 Å². The van der Waals surface area contributed by atoms with Crippen molar-refractivity contribution in [1.29, 1.82) is 0 Å². The number of hydrogen-bond donors (Lipinski definition) is 1. The van der Waals surface area contributed by atoms with Crippen LogP contribution in [-0.2, 0) is 20.9 Å². The number of rotatable bonds is 5. The van der Waals surface area contributed by atoms with Crippen LogP contribution in [-0.4, -0.2) is 102 Å². The molecular formula is C21H27ClN6O4. The predicted molar refractivity (Wildman–Crippen MR) is 118 cm³/mol. The first-order valence-corrected chi connectivity index (χ1v) is 11.0. The van der Waals surface area contributed by atoms with Crippen molar-refractivity contribution in [2.24, 2.45) is 4.99 Å². The molecule has 1 aromatic carbocycles. The van der Waals surface area contributed by atoms with Crippen LogP contribution in [0.1, 0.15) is 12.5 Å². The Bertz CT molecular complexity index is 933. The SMILES string of the molecule is CCOC(=O)CN1CCN(C2=NC3C(C(=O)NC(=O)N3C)N2Cc2ccccc2Cl)CC1. The molecule has 2 unspecified atom stereocenters. The number of urea groups is 1. The monoisotopic (exact) mass is 462 g/mol. The number of nitrogens with one attached hydrogen (secondary N) is 1. The Hall–Kier alpha value is -2.85. The summed E-state index contributed by atoms with van der Waals surface area (Å²) in [5.41, 5.74) is 0.871. The van der Waals surface area contributed by atoms with Crippen LogP contribution >= 0.6 is 11.6 Å². The second kappa shape index (κ2) is 9.33. The zero-order valence-electron chi connectivity index (χ0n) is 18.2. The number of halogens is 1. The average Bonchev–Trinajstić information content (AvgIpc) is 3.14. The molecule has 2 atom stereocenters. The van der Waals surface area contributed by atoms with Gasteiger partial charge in [-0.3, -0.25) is 19.8 Å². The molecule has 10 nitrogen and oxygen atoms in total. The molecule has 32 heavy (non-hydrogen) atoms. The lowest BCUT2D eigenvalue weighted by Gasteiger charge is -2.40. The van der Waals surface area contributed by atoms with Gasteiger partial charge in [-0.15, -0.1) is 0 Å². The number of nitrogens with zero attached hydrogens (tertiary/aromatic N) is 5. The third kappa shape index (κ3) is 4.37. The van der Waals surface area contributed by atoms with Crippen molar-refractivity contribution in [3.05, 3.63) is 34.9 Å². The minimum atomic E-state index is -0.637. The van der Waals surface area contributed by atoms with E-state index in [1.807, 2.05) is 34.1 Å². The number of ether oxygens (including phenoxy) is 1. The summed E-state index contributed by atoms with van der Waals surface area (Å²) in [4.78, 5) is 49.1. The first-order chi connectivity index (χ1) is 15.4. The van der Waals surface area contributed by atoms with Gasteiger partial charge in [-0.2, -0.15) is 0 Å². The van der Waals surface area contributed by atoms with Crippen LogP contribution in [0.4, 0.5) is 4.79 Å². The summed E-state index contributed by atoms with van der Waals surface area (Å²) in [6.45, 7) is 5.39. The van der Waals surface area contributed by atoms with Gasteiger partial charge >= 0.3 is 12.0 Å². The summed E-state index contributed by atoms with van der Waals surface area (Å²) in [7, 11) is 1.64. The Morgan fingerprint density at radius 2 is 1.94 bits per heavy atom. The lowest BCUT2D eigenvalue weighted by atomic mass is 10.1. The van der Waals surface area contributed by atoms with Gasteiger partial charge in [0.05, 0.1) is 13.2 Å². The summed E-state index contributed by atoms with van der Waals surface area (Å²) in [6, 6.07) is 6.39. The van der Waals surface area contributed by atoms with Crippen molar-refractivity contribution < 1.29 is 19.1 Å². The fraction of sp³-hybridized carbons (Fsp3) is 0.524. The molecule has 3 heterocycles. The van der Waals surface area contributed by atoms with E-state index in [-0.39, 0.29) is 18.4 Å². The van der Waals surface area contributed by atoms with Gasteiger partial charge in [-0.05, 0) is 18.6 Å². The van der Waals surface area contributed by atoms with Crippen molar-refractivity contribution in [3.8, 4) is 0 Å². The molecular weight excluding hydrogens is 436 g/mol. The fourth-order valence-corrected chi connectivity index (χ4v) is 4.44. The molecule has 3 amide bonds. The molecule has 3 aliphatic rings. The maximum absolute atomic E-state index is 12.8. The average molecular weight is 463 g/mol. The van der Waals surface area contributed by atoms with Crippen molar-refractivity contribution in [3.63, 3.8) is 0 Å². The zero-order chi connectivity index (χ0) is 22.8. The van der Waals surface area contributed by atoms with E-state index in [9.17, 15) is 14.4 Å². The first kappa shape index (κ1) is 22.3. The van der Waals surface area contributed by atoms with Crippen LogP contribution in [0.5, 0.6) is 0 Å². The van der Waals surface area contributed by atoms with E-state index in [0.29, 0.717) is 50.3 Å². The predicted octanol–water partition coefficient (Wildman–Crippen LogP) is 0.569. The summed E-state index contributed by atoms with van der Waals surface area (Å²) in [5, 5.41) is 3.02. The van der Waals surface area contributed by atoms with E-state index >= 15 is 0 Å². The third-order valence-electron chi connectivity index (χ3n) is 5.95. The standard InChI is InChI=1S/C21H27ClN6O4/c1-3-32-16(29)13-26-8-10-27(11-9-26)20-23-18-17(19(30)24-21(31)25(18)2)28(20)12-14-6-4-5-7-15(14)22/h4-7,17-18H,3,8-13H2,1-2H3,(H,24,30,31). The van der Waals surface area contributed by atoms with E-state index in [2.05, 4.69) is 10.2 Å². The Labute approximate surface area is 191 Å². The van der Waals surface area contributed by atoms with Gasteiger partial charge in [0.25, 0.3) is 5.91 Å². The van der Waals surface area contributed by atoms with Gasteiger partial charge in [-0.1, -0.05) is 29.8 Å². The number of piperazine rings is 1. The maximum atomic E-state index is 12.8. The van der Waals surface area contributed by atoms with Crippen molar-refractivity contribution in [1.82, 2.24) is 24.9 Å². The number of esters is 1. The molecule has 0 bridgehead atoms. The van der Waals surface area contributed by atoms with E-state index in [4.69, 9.17) is 21.3 Å². The van der Waals surface area contributed by atoms with Crippen LogP contribution in [0.2, 0.25) is 5.02 Å². The smallest absolute Gasteiger partial charge is 0.325 e. The highest BCUT2D eigenvalue weighted by Crippen LogP contribution is 2.29. The number of carbonyl (C=O) groups excluding carboxylic acids is 3. The van der Waals surface area contributed by atoms with Crippen LogP contribution in [0.3, 0.4) is 0 Å². The molecule has 1 aromatic rings. The van der Waals surface area contributed by atoms with Gasteiger partial charge in [0, 0.05) is 44.8 Å². The number of hydrogen-bond acceptors (Lipinski definition) is 8. The molecule has 2 saturated heterocycles. The summed E-state index contributed by atoms with van der Waals surface area (Å²) in [6.07, 6.45) is -0.605. The number of amides is 3. The van der Waals surface area contributed by atoms with Gasteiger partial charge in [0.15, 0.2) is 18.2 Å². The molecule has 11 heteroatoms. The number of likely N-dealkylation sites (N-methyl/N-ethyl adjacent to an activating group) is 1. The highest BCUT2D eigenvalue weighted by molar-refractivity contribution is 6.31. The minimum absolute atomic E-state index is 0.234. The number of benzene rings is 1. The second-order valence-corrected chi connectivity index (χ2v) is 8.39. The van der Waals surface area contributed by atoms with Crippen LogP contribution in [0, 0.1) is 0 Å². The van der Waals surface area contributed by atoms with Crippen molar-refractivity contribution in [2.75, 3.05) is 46.4 Å². The van der Waals surface area contributed by atoms with Gasteiger partial charge in [0.2, 0.25) is 0 Å². The lowest BCUT2D eigenvalue weighted by Crippen LogP contribution is -2.64. The number of guanidine groups is 1. The third-order valence-corrected chi connectivity index (χ3v) is 6.32. The Morgan fingerprint density at radius 1 is 1.22 bits per heavy atom. The number of carbonyl (C=O) groups is 3. The van der Waals surface area contributed by atoms with Crippen LogP contribution in [0.15, 0.2) is 29.3 Å². The number of fused-ring (bicyclic) bond motifs is 1. The summed E-state index contributed by atoms with van der Waals surface area (Å²) >= 11 is 6.40. The molecule has 1 N–H and O–H groups in total. The Kier molecular flexibility index (Phi) is 6.52. The first-order valence-electron chi connectivity index (χ1n) is 10.7. The summed E-state index contributed by atoms with van der Waals surface area (Å²) < 4.78 is 5.04. The highest BCUT2D eigenvalue weighted by atomic mass is 35.5. The molecule has 0 saturated carbocycles. The molecule has 2 fully saturated rings. The van der Waals surface area contributed by atoms with Gasteiger partial charge < -0.3 is 19.4 Å². The molecule has 0 radical (unpaired) electrons. The zero-order valence-corrected chi connectivity index (χ0v) is 18.9. The molecule has 0 aromatic heterocycles.